The van der Waals surface area contributed by atoms with Gasteiger partial charge in [-0.05, 0) is 42.8 Å². The minimum absolute atomic E-state index is 0.236. The van der Waals surface area contributed by atoms with Gasteiger partial charge in [0.15, 0.2) is 0 Å². The summed E-state index contributed by atoms with van der Waals surface area (Å²) in [6.07, 6.45) is 2.22. The van der Waals surface area contributed by atoms with Crippen molar-refractivity contribution in [2.24, 2.45) is 0 Å². The molecule has 1 aromatic heterocycles. The lowest BCUT2D eigenvalue weighted by molar-refractivity contribution is 0.628. The average Bonchev–Trinajstić information content (AvgIpc) is 2.85. The maximum Gasteiger partial charge on any atom is 0.208 e. The van der Waals surface area contributed by atoms with E-state index in [0.29, 0.717) is 0 Å². The van der Waals surface area contributed by atoms with Crippen molar-refractivity contribution in [3.05, 3.63) is 54.3 Å². The average molecular weight is 283 g/mol. The van der Waals surface area contributed by atoms with E-state index in [4.69, 9.17) is 0 Å². The zero-order valence-electron chi connectivity index (χ0n) is 12.0. The van der Waals surface area contributed by atoms with Crippen LogP contribution < -0.4 is 5.32 Å². The molecular formula is C17H18FN3. The molecule has 21 heavy (non-hydrogen) atoms. The third-order valence-corrected chi connectivity index (χ3v) is 3.49. The van der Waals surface area contributed by atoms with E-state index in [1.54, 1.807) is 12.1 Å². The molecule has 0 aliphatic carbocycles. The van der Waals surface area contributed by atoms with Crippen LogP contribution in [-0.4, -0.2) is 9.55 Å². The molecule has 0 amide bonds. The van der Waals surface area contributed by atoms with Crippen molar-refractivity contribution in [3.63, 3.8) is 0 Å². The topological polar surface area (TPSA) is 29.9 Å². The second-order valence-corrected chi connectivity index (χ2v) is 5.06. The highest BCUT2D eigenvalue weighted by Gasteiger charge is 2.10. The molecule has 0 saturated heterocycles. The lowest BCUT2D eigenvalue weighted by Crippen LogP contribution is -2.04. The number of nitrogens with zero attached hydrogens (tertiary/aromatic N) is 2. The fourth-order valence-electron chi connectivity index (χ4n) is 2.38. The second kappa shape index (κ2) is 5.95. The maximum atomic E-state index is 13.0. The SMILES string of the molecule is CCCCn1c(Nc2ccc(F)cc2)nc2ccccc21. The van der Waals surface area contributed by atoms with Crippen molar-refractivity contribution in [2.75, 3.05) is 5.32 Å². The molecule has 0 bridgehead atoms. The number of aryl methyl sites for hydroxylation is 1. The van der Waals surface area contributed by atoms with Gasteiger partial charge in [-0.2, -0.15) is 0 Å². The smallest absolute Gasteiger partial charge is 0.208 e. The summed E-state index contributed by atoms with van der Waals surface area (Å²) in [5.74, 6) is 0.566. The van der Waals surface area contributed by atoms with Crippen LogP contribution in [0, 0.1) is 5.82 Å². The van der Waals surface area contributed by atoms with Gasteiger partial charge in [0.25, 0.3) is 0 Å². The first-order valence-corrected chi connectivity index (χ1v) is 7.26. The van der Waals surface area contributed by atoms with E-state index < -0.39 is 0 Å². The van der Waals surface area contributed by atoms with Gasteiger partial charge in [-0.15, -0.1) is 0 Å². The van der Waals surface area contributed by atoms with Crippen LogP contribution in [0.25, 0.3) is 11.0 Å². The summed E-state index contributed by atoms with van der Waals surface area (Å²) >= 11 is 0. The third-order valence-electron chi connectivity index (χ3n) is 3.49. The summed E-state index contributed by atoms with van der Waals surface area (Å²) in [5.41, 5.74) is 2.93. The van der Waals surface area contributed by atoms with E-state index in [2.05, 4.69) is 27.9 Å². The number of benzene rings is 2. The van der Waals surface area contributed by atoms with Crippen LogP contribution >= 0.6 is 0 Å². The Hall–Kier alpha value is -2.36. The minimum Gasteiger partial charge on any atom is -0.326 e. The predicted molar refractivity (Wildman–Crippen MR) is 84.3 cm³/mol. The number of aromatic nitrogens is 2. The van der Waals surface area contributed by atoms with Gasteiger partial charge in [-0.25, -0.2) is 9.37 Å². The molecule has 0 spiro atoms. The predicted octanol–water partition coefficient (Wildman–Crippen LogP) is 4.72. The molecule has 0 unspecified atom stereocenters. The van der Waals surface area contributed by atoms with Gasteiger partial charge >= 0.3 is 0 Å². The lowest BCUT2D eigenvalue weighted by Gasteiger charge is -2.10. The summed E-state index contributed by atoms with van der Waals surface area (Å²) in [7, 11) is 0. The molecule has 3 rings (SSSR count). The number of rotatable bonds is 5. The molecule has 108 valence electrons. The number of hydrogen-bond donors (Lipinski definition) is 1. The van der Waals surface area contributed by atoms with Gasteiger partial charge in [0, 0.05) is 12.2 Å². The van der Waals surface area contributed by atoms with E-state index in [0.717, 1.165) is 42.1 Å². The summed E-state index contributed by atoms with van der Waals surface area (Å²) in [4.78, 5) is 4.64. The van der Waals surface area contributed by atoms with Gasteiger partial charge < -0.3 is 9.88 Å². The van der Waals surface area contributed by atoms with Crippen molar-refractivity contribution in [2.45, 2.75) is 26.3 Å². The van der Waals surface area contributed by atoms with Gasteiger partial charge in [0.2, 0.25) is 5.95 Å². The number of unbranched alkanes of at least 4 members (excludes halogenated alkanes) is 1. The lowest BCUT2D eigenvalue weighted by atomic mass is 10.3. The Kier molecular flexibility index (Phi) is 3.86. The zero-order chi connectivity index (χ0) is 14.7. The molecule has 0 aliphatic heterocycles. The molecule has 0 atom stereocenters. The summed E-state index contributed by atoms with van der Waals surface area (Å²) in [5, 5.41) is 3.28. The van der Waals surface area contributed by atoms with Crippen LogP contribution in [0.1, 0.15) is 19.8 Å². The molecule has 3 nitrogen and oxygen atoms in total. The highest BCUT2D eigenvalue weighted by Crippen LogP contribution is 2.23. The molecule has 2 aromatic carbocycles. The fraction of sp³-hybridized carbons (Fsp3) is 0.235. The van der Waals surface area contributed by atoms with Crippen molar-refractivity contribution in [1.29, 1.82) is 0 Å². The van der Waals surface area contributed by atoms with Crippen LogP contribution in [-0.2, 0) is 6.54 Å². The van der Waals surface area contributed by atoms with Crippen LogP contribution in [0.5, 0.6) is 0 Å². The summed E-state index contributed by atoms with van der Waals surface area (Å²) in [6, 6.07) is 14.4. The van der Waals surface area contributed by atoms with E-state index in [1.165, 1.54) is 12.1 Å². The first-order chi connectivity index (χ1) is 10.3. The summed E-state index contributed by atoms with van der Waals surface area (Å²) in [6.45, 7) is 3.09. The van der Waals surface area contributed by atoms with Crippen molar-refractivity contribution in [1.82, 2.24) is 9.55 Å². The van der Waals surface area contributed by atoms with Gasteiger partial charge in [-0.3, -0.25) is 0 Å². The normalized spacial score (nSPS) is 11.0. The van der Waals surface area contributed by atoms with E-state index in [-0.39, 0.29) is 5.82 Å². The molecular weight excluding hydrogens is 265 g/mol. The van der Waals surface area contributed by atoms with Crippen LogP contribution in [0.3, 0.4) is 0 Å². The number of para-hydroxylation sites is 2. The number of fused-ring (bicyclic) bond motifs is 1. The molecule has 3 aromatic rings. The molecule has 4 heteroatoms. The Morgan fingerprint density at radius 2 is 1.86 bits per heavy atom. The van der Waals surface area contributed by atoms with Gasteiger partial charge in [0.05, 0.1) is 11.0 Å². The molecule has 1 N–H and O–H groups in total. The van der Waals surface area contributed by atoms with Crippen LogP contribution in [0.4, 0.5) is 16.0 Å². The largest absolute Gasteiger partial charge is 0.326 e. The van der Waals surface area contributed by atoms with Crippen LogP contribution in [0.2, 0.25) is 0 Å². The Bertz CT molecular complexity index is 731. The highest BCUT2D eigenvalue weighted by atomic mass is 19.1. The third kappa shape index (κ3) is 2.89. The number of hydrogen-bond acceptors (Lipinski definition) is 2. The zero-order valence-corrected chi connectivity index (χ0v) is 12.0. The Morgan fingerprint density at radius 3 is 2.62 bits per heavy atom. The number of imidazole rings is 1. The monoisotopic (exact) mass is 283 g/mol. The van der Waals surface area contributed by atoms with Crippen molar-refractivity contribution in [3.8, 4) is 0 Å². The Balaban J connectivity index is 1.97. The summed E-state index contributed by atoms with van der Waals surface area (Å²) < 4.78 is 15.2. The Labute approximate surface area is 123 Å². The molecule has 0 saturated carbocycles. The molecule has 0 radical (unpaired) electrons. The van der Waals surface area contributed by atoms with E-state index in [9.17, 15) is 4.39 Å². The number of anilines is 2. The molecule has 0 fully saturated rings. The molecule has 1 heterocycles. The Morgan fingerprint density at radius 1 is 1.10 bits per heavy atom. The number of halogens is 1. The quantitative estimate of drug-likeness (QED) is 0.734. The van der Waals surface area contributed by atoms with Gasteiger partial charge in [0.1, 0.15) is 5.82 Å². The highest BCUT2D eigenvalue weighted by molar-refractivity contribution is 5.79. The maximum absolute atomic E-state index is 13.0. The minimum atomic E-state index is -0.236. The first kappa shape index (κ1) is 13.6. The van der Waals surface area contributed by atoms with Gasteiger partial charge in [-0.1, -0.05) is 25.5 Å². The second-order valence-electron chi connectivity index (χ2n) is 5.06. The van der Waals surface area contributed by atoms with Crippen molar-refractivity contribution < 1.29 is 4.39 Å². The number of nitrogens with one attached hydrogen (secondary N) is 1. The van der Waals surface area contributed by atoms with Crippen LogP contribution in [0.15, 0.2) is 48.5 Å². The van der Waals surface area contributed by atoms with E-state index in [1.807, 2.05) is 18.2 Å². The van der Waals surface area contributed by atoms with Crippen molar-refractivity contribution >= 4 is 22.7 Å². The first-order valence-electron chi connectivity index (χ1n) is 7.26. The van der Waals surface area contributed by atoms with E-state index >= 15 is 0 Å². The standard InChI is InChI=1S/C17H18FN3/c1-2-3-12-21-16-7-5-4-6-15(16)20-17(21)19-14-10-8-13(18)9-11-14/h4-11H,2-3,12H2,1H3,(H,19,20). The molecule has 0 aliphatic rings. The fourth-order valence-corrected chi connectivity index (χ4v) is 2.38.